The summed E-state index contributed by atoms with van der Waals surface area (Å²) < 4.78 is 0. The second-order valence-electron chi connectivity index (χ2n) is 7.14. The van der Waals surface area contributed by atoms with E-state index >= 15 is 0 Å². The third-order valence-electron chi connectivity index (χ3n) is 5.51. The molecule has 3 aromatic rings. The van der Waals surface area contributed by atoms with Gasteiger partial charge in [0.1, 0.15) is 0 Å². The summed E-state index contributed by atoms with van der Waals surface area (Å²) in [5.41, 5.74) is 4.78. The van der Waals surface area contributed by atoms with Crippen LogP contribution >= 0.6 is 11.6 Å². The quantitative estimate of drug-likeness (QED) is 0.572. The minimum absolute atomic E-state index is 0.695. The molecule has 0 bridgehead atoms. The fraction of sp³-hybridized carbons (Fsp3) is 0.318. The van der Waals surface area contributed by atoms with E-state index in [0.29, 0.717) is 5.92 Å². The van der Waals surface area contributed by atoms with E-state index in [4.69, 9.17) is 11.6 Å². The second-order valence-corrected chi connectivity index (χ2v) is 7.55. The summed E-state index contributed by atoms with van der Waals surface area (Å²) in [5, 5.41) is 4.43. The molecule has 0 aliphatic heterocycles. The number of nitrogens with zero attached hydrogens (tertiary/aromatic N) is 1. The Morgan fingerprint density at radius 2 is 1.73 bits per heavy atom. The van der Waals surface area contributed by atoms with Crippen LogP contribution in [0.15, 0.2) is 61.2 Å². The molecule has 0 atom stereocenters. The molecular weight excluding hydrogens is 342 g/mol. The molecule has 0 saturated heterocycles. The fourth-order valence-electron chi connectivity index (χ4n) is 4.00. The highest BCUT2D eigenvalue weighted by Gasteiger charge is 2.22. The van der Waals surface area contributed by atoms with Crippen LogP contribution in [0.2, 0.25) is 5.02 Å². The van der Waals surface area contributed by atoms with Gasteiger partial charge in [-0.25, -0.2) is 0 Å². The zero-order valence-electron chi connectivity index (χ0n) is 14.8. The predicted molar refractivity (Wildman–Crippen MR) is 109 cm³/mol. The predicted octanol–water partition coefficient (Wildman–Crippen LogP) is 6.12. The van der Waals surface area contributed by atoms with Crippen molar-refractivity contribution < 1.29 is 0 Å². The summed E-state index contributed by atoms with van der Waals surface area (Å²) in [6, 6.07) is 12.3. The van der Waals surface area contributed by atoms with Crippen LogP contribution in [0.1, 0.15) is 37.2 Å². The van der Waals surface area contributed by atoms with E-state index in [1.54, 1.807) is 0 Å². The van der Waals surface area contributed by atoms with E-state index in [1.165, 1.54) is 31.2 Å². The van der Waals surface area contributed by atoms with E-state index < -0.39 is 0 Å². The van der Waals surface area contributed by atoms with Crippen LogP contribution in [0.4, 0.5) is 5.69 Å². The number of benzene rings is 1. The molecule has 4 rings (SSSR count). The lowest BCUT2D eigenvalue weighted by atomic mass is 9.79. The second kappa shape index (κ2) is 7.96. The number of nitrogens with one attached hydrogen (secondary N) is 2. The highest BCUT2D eigenvalue weighted by atomic mass is 35.5. The number of H-pyrrole nitrogens is 1. The van der Waals surface area contributed by atoms with Gasteiger partial charge < -0.3 is 10.3 Å². The molecule has 1 aliphatic carbocycles. The van der Waals surface area contributed by atoms with Crippen LogP contribution in [-0.2, 0) is 0 Å². The molecule has 26 heavy (non-hydrogen) atoms. The maximum Gasteiger partial charge on any atom is 0.0598 e. The van der Waals surface area contributed by atoms with Crippen molar-refractivity contribution in [3.05, 3.63) is 71.8 Å². The van der Waals surface area contributed by atoms with Gasteiger partial charge in [-0.2, -0.15) is 0 Å². The first kappa shape index (κ1) is 17.2. The van der Waals surface area contributed by atoms with Gasteiger partial charge in [0.2, 0.25) is 0 Å². The monoisotopic (exact) mass is 365 g/mol. The Kier molecular flexibility index (Phi) is 5.26. The number of rotatable bonds is 5. The fourth-order valence-corrected chi connectivity index (χ4v) is 4.24. The Hall–Kier alpha value is -2.26. The lowest BCUT2D eigenvalue weighted by Crippen LogP contribution is -2.20. The molecule has 0 unspecified atom stereocenters. The third-order valence-corrected chi connectivity index (χ3v) is 5.84. The van der Waals surface area contributed by atoms with Crippen LogP contribution in [0.3, 0.4) is 0 Å². The van der Waals surface area contributed by atoms with Crippen molar-refractivity contribution in [3.8, 4) is 11.1 Å². The smallest absolute Gasteiger partial charge is 0.0598 e. The van der Waals surface area contributed by atoms with Crippen molar-refractivity contribution in [3.63, 3.8) is 0 Å². The van der Waals surface area contributed by atoms with Gasteiger partial charge in [0, 0.05) is 47.5 Å². The van der Waals surface area contributed by atoms with E-state index in [1.807, 2.05) is 43.0 Å². The first-order valence-electron chi connectivity index (χ1n) is 9.36. The summed E-state index contributed by atoms with van der Waals surface area (Å²) in [7, 11) is 0. The van der Waals surface area contributed by atoms with Crippen LogP contribution < -0.4 is 5.32 Å². The van der Waals surface area contributed by atoms with E-state index in [2.05, 4.69) is 33.5 Å². The topological polar surface area (TPSA) is 40.7 Å². The number of hydrogen-bond acceptors (Lipinski definition) is 2. The highest BCUT2D eigenvalue weighted by Crippen LogP contribution is 2.37. The highest BCUT2D eigenvalue weighted by molar-refractivity contribution is 6.33. The first-order valence-corrected chi connectivity index (χ1v) is 9.74. The average Bonchev–Trinajstić information content (AvgIpc) is 3.16. The lowest BCUT2D eigenvalue weighted by molar-refractivity contribution is 0.338. The molecule has 1 aromatic carbocycles. The summed E-state index contributed by atoms with van der Waals surface area (Å²) in [6.45, 7) is 1.01. The van der Waals surface area contributed by atoms with Crippen molar-refractivity contribution in [2.75, 3.05) is 11.9 Å². The third kappa shape index (κ3) is 3.78. The van der Waals surface area contributed by atoms with Crippen molar-refractivity contribution in [2.24, 2.45) is 5.92 Å². The zero-order chi connectivity index (χ0) is 17.8. The van der Waals surface area contributed by atoms with Crippen molar-refractivity contribution in [1.29, 1.82) is 0 Å². The van der Waals surface area contributed by atoms with Gasteiger partial charge in [-0.15, -0.1) is 0 Å². The molecule has 134 valence electrons. The van der Waals surface area contributed by atoms with Gasteiger partial charge >= 0.3 is 0 Å². The van der Waals surface area contributed by atoms with Gasteiger partial charge in [-0.1, -0.05) is 29.8 Å². The molecule has 0 spiro atoms. The van der Waals surface area contributed by atoms with Crippen molar-refractivity contribution in [2.45, 2.75) is 31.6 Å². The number of anilines is 1. The number of aromatic nitrogens is 2. The molecular formula is C22H24ClN3. The van der Waals surface area contributed by atoms with Gasteiger partial charge in [0.25, 0.3) is 0 Å². The molecule has 2 N–H and O–H groups in total. The van der Waals surface area contributed by atoms with E-state index in [9.17, 15) is 0 Å². The Morgan fingerprint density at radius 3 is 2.50 bits per heavy atom. The standard InChI is InChI=1S/C22H24ClN3/c23-21-4-2-1-3-19(21)20-14-25-15-22(20)26-13-16-5-7-17(8-6-16)18-9-11-24-12-10-18/h1-4,9-12,14-17,25-26H,5-8,13H2. The molecule has 1 fully saturated rings. The zero-order valence-corrected chi connectivity index (χ0v) is 15.5. The molecule has 0 radical (unpaired) electrons. The van der Waals surface area contributed by atoms with Gasteiger partial charge in [0.05, 0.1) is 5.69 Å². The van der Waals surface area contributed by atoms with Crippen LogP contribution in [0.5, 0.6) is 0 Å². The van der Waals surface area contributed by atoms with E-state index in [0.717, 1.165) is 34.3 Å². The number of hydrogen-bond donors (Lipinski definition) is 2. The summed E-state index contributed by atoms with van der Waals surface area (Å²) in [6.07, 6.45) is 12.9. The van der Waals surface area contributed by atoms with Crippen molar-refractivity contribution in [1.82, 2.24) is 9.97 Å². The molecule has 2 aromatic heterocycles. The summed E-state index contributed by atoms with van der Waals surface area (Å²) in [5.74, 6) is 1.42. The minimum Gasteiger partial charge on any atom is -0.383 e. The normalized spacial score (nSPS) is 20.0. The Morgan fingerprint density at radius 1 is 0.962 bits per heavy atom. The van der Waals surface area contributed by atoms with Gasteiger partial charge in [0.15, 0.2) is 0 Å². The van der Waals surface area contributed by atoms with Gasteiger partial charge in [-0.3, -0.25) is 4.98 Å². The maximum atomic E-state index is 6.36. The Balaban J connectivity index is 1.35. The van der Waals surface area contributed by atoms with Crippen LogP contribution in [-0.4, -0.2) is 16.5 Å². The first-order chi connectivity index (χ1) is 12.8. The SMILES string of the molecule is Clc1ccccc1-c1c[nH]cc1NCC1CCC(c2ccncc2)CC1. The Bertz CT molecular complexity index is 835. The maximum absolute atomic E-state index is 6.36. The molecule has 2 heterocycles. The largest absolute Gasteiger partial charge is 0.383 e. The Labute approximate surface area is 159 Å². The number of aromatic amines is 1. The average molecular weight is 366 g/mol. The van der Waals surface area contributed by atoms with Crippen LogP contribution in [0.25, 0.3) is 11.1 Å². The lowest BCUT2D eigenvalue weighted by Gasteiger charge is -2.29. The van der Waals surface area contributed by atoms with E-state index in [-0.39, 0.29) is 0 Å². The van der Waals surface area contributed by atoms with Crippen molar-refractivity contribution >= 4 is 17.3 Å². The molecule has 1 aliphatic rings. The molecule has 1 saturated carbocycles. The number of halogens is 1. The van der Waals surface area contributed by atoms with Gasteiger partial charge in [-0.05, 0) is 61.3 Å². The molecule has 4 heteroatoms. The minimum atomic E-state index is 0.695. The summed E-state index contributed by atoms with van der Waals surface area (Å²) >= 11 is 6.36. The number of pyridine rings is 1. The van der Waals surface area contributed by atoms with Crippen LogP contribution in [0, 0.1) is 5.92 Å². The summed E-state index contributed by atoms with van der Waals surface area (Å²) in [4.78, 5) is 7.34. The molecule has 0 amide bonds. The molecule has 3 nitrogen and oxygen atoms in total.